The van der Waals surface area contributed by atoms with E-state index < -0.39 is 0 Å². The van der Waals surface area contributed by atoms with Crippen LogP contribution in [-0.4, -0.2) is 29.9 Å². The highest BCUT2D eigenvalue weighted by molar-refractivity contribution is 6.18. The van der Waals surface area contributed by atoms with Crippen LogP contribution < -0.4 is 0 Å². The van der Waals surface area contributed by atoms with Gasteiger partial charge in [-0.2, -0.15) is 0 Å². The molecule has 2 heteroatoms. The van der Waals surface area contributed by atoms with Crippen molar-refractivity contribution >= 4 is 11.6 Å². The Labute approximate surface area is 93.1 Å². The van der Waals surface area contributed by atoms with Crippen molar-refractivity contribution in [2.75, 3.05) is 19.0 Å². The number of alkyl halides is 1. The molecule has 0 amide bonds. The second-order valence-corrected chi connectivity index (χ2v) is 4.31. The molecule has 0 aromatic rings. The second kappa shape index (κ2) is 7.30. The summed E-state index contributed by atoms with van der Waals surface area (Å²) >= 11 is 5.61. The van der Waals surface area contributed by atoms with Gasteiger partial charge in [0, 0.05) is 18.5 Å². The fourth-order valence-electron chi connectivity index (χ4n) is 2.26. The smallest absolute Gasteiger partial charge is 0.0404 e. The topological polar surface area (TPSA) is 3.24 Å². The summed E-state index contributed by atoms with van der Waals surface area (Å²) in [6.45, 7) is 4.49. The van der Waals surface area contributed by atoms with E-state index in [1.54, 1.807) is 0 Å². The van der Waals surface area contributed by atoms with E-state index in [0.717, 1.165) is 19.1 Å². The molecule has 0 heterocycles. The van der Waals surface area contributed by atoms with E-state index in [1.165, 1.54) is 32.1 Å². The van der Waals surface area contributed by atoms with Crippen LogP contribution in [0.25, 0.3) is 0 Å². The van der Waals surface area contributed by atoms with E-state index in [-0.39, 0.29) is 0 Å². The van der Waals surface area contributed by atoms with Crippen molar-refractivity contribution in [2.45, 2.75) is 45.1 Å². The molecule has 0 atom stereocenters. The summed E-state index contributed by atoms with van der Waals surface area (Å²) < 4.78 is 0. The van der Waals surface area contributed by atoms with E-state index in [9.17, 15) is 0 Å². The first-order valence-corrected chi connectivity index (χ1v) is 6.37. The van der Waals surface area contributed by atoms with Gasteiger partial charge in [-0.05, 0) is 19.4 Å². The minimum absolute atomic E-state index is 0.641. The standard InChI is InChI=1S/C12H22ClN/c1-2-14(11-7-6-10-13)12-8-4-3-5-9-12/h6-7,12H,2-5,8-11H2,1H3. The van der Waals surface area contributed by atoms with E-state index in [1.807, 2.05) is 6.08 Å². The molecule has 0 aromatic heterocycles. The van der Waals surface area contributed by atoms with Gasteiger partial charge in [-0.15, -0.1) is 11.6 Å². The predicted octanol–water partition coefficient (Wildman–Crippen LogP) is 3.44. The number of halogens is 1. The Hall–Kier alpha value is -0.0100. The average molecular weight is 216 g/mol. The molecule has 82 valence electrons. The first-order valence-electron chi connectivity index (χ1n) is 5.83. The normalized spacial score (nSPS) is 19.6. The highest BCUT2D eigenvalue weighted by Crippen LogP contribution is 2.22. The highest BCUT2D eigenvalue weighted by atomic mass is 35.5. The molecule has 0 aromatic carbocycles. The molecule has 1 saturated carbocycles. The predicted molar refractivity (Wildman–Crippen MR) is 64.0 cm³/mol. The van der Waals surface area contributed by atoms with E-state index in [4.69, 9.17) is 11.6 Å². The quantitative estimate of drug-likeness (QED) is 0.502. The summed E-state index contributed by atoms with van der Waals surface area (Å²) in [7, 11) is 0. The minimum atomic E-state index is 0.641. The van der Waals surface area contributed by atoms with E-state index in [0.29, 0.717) is 5.88 Å². The van der Waals surface area contributed by atoms with Gasteiger partial charge in [0.15, 0.2) is 0 Å². The van der Waals surface area contributed by atoms with Crippen LogP contribution in [0.3, 0.4) is 0 Å². The molecule has 0 bridgehead atoms. The lowest BCUT2D eigenvalue weighted by Gasteiger charge is -2.32. The molecule has 1 fully saturated rings. The van der Waals surface area contributed by atoms with Gasteiger partial charge in [0.2, 0.25) is 0 Å². The Bertz CT molecular complexity index is 162. The van der Waals surface area contributed by atoms with E-state index in [2.05, 4.69) is 17.9 Å². The SMILES string of the molecule is CCN(CC=CCCl)C1CCCCC1. The van der Waals surface area contributed by atoms with Crippen LogP contribution in [0.1, 0.15) is 39.0 Å². The molecule has 0 radical (unpaired) electrons. The summed E-state index contributed by atoms with van der Waals surface area (Å²) in [6.07, 6.45) is 11.3. The Morgan fingerprint density at radius 2 is 1.93 bits per heavy atom. The minimum Gasteiger partial charge on any atom is -0.297 e. The van der Waals surface area contributed by atoms with Crippen LogP contribution in [0.15, 0.2) is 12.2 Å². The van der Waals surface area contributed by atoms with Crippen molar-refractivity contribution in [2.24, 2.45) is 0 Å². The Kier molecular flexibility index (Phi) is 6.29. The third-order valence-corrected chi connectivity index (χ3v) is 3.27. The lowest BCUT2D eigenvalue weighted by Crippen LogP contribution is -2.36. The van der Waals surface area contributed by atoms with Gasteiger partial charge in [0.25, 0.3) is 0 Å². The van der Waals surface area contributed by atoms with Crippen LogP contribution >= 0.6 is 11.6 Å². The van der Waals surface area contributed by atoms with Gasteiger partial charge in [-0.25, -0.2) is 0 Å². The monoisotopic (exact) mass is 215 g/mol. The van der Waals surface area contributed by atoms with Crippen LogP contribution in [0.2, 0.25) is 0 Å². The maximum Gasteiger partial charge on any atom is 0.0404 e. The third-order valence-electron chi connectivity index (χ3n) is 3.09. The molecule has 1 aliphatic carbocycles. The molecular weight excluding hydrogens is 194 g/mol. The van der Waals surface area contributed by atoms with Gasteiger partial charge >= 0.3 is 0 Å². The van der Waals surface area contributed by atoms with Gasteiger partial charge in [0.05, 0.1) is 0 Å². The number of likely N-dealkylation sites (N-methyl/N-ethyl adjacent to an activating group) is 1. The molecule has 0 spiro atoms. The van der Waals surface area contributed by atoms with Crippen LogP contribution in [-0.2, 0) is 0 Å². The van der Waals surface area contributed by atoms with Crippen LogP contribution in [0.5, 0.6) is 0 Å². The molecular formula is C12H22ClN. The zero-order valence-electron chi connectivity index (χ0n) is 9.21. The van der Waals surface area contributed by atoms with Crippen molar-refractivity contribution in [1.82, 2.24) is 4.90 Å². The molecule has 0 unspecified atom stereocenters. The molecule has 1 rings (SSSR count). The van der Waals surface area contributed by atoms with Crippen molar-refractivity contribution in [3.8, 4) is 0 Å². The number of nitrogens with zero attached hydrogens (tertiary/aromatic N) is 1. The van der Waals surface area contributed by atoms with Crippen molar-refractivity contribution in [3.63, 3.8) is 0 Å². The summed E-state index contributed by atoms with van der Waals surface area (Å²) in [5, 5.41) is 0. The maximum atomic E-state index is 5.61. The fourth-order valence-corrected chi connectivity index (χ4v) is 2.38. The fraction of sp³-hybridized carbons (Fsp3) is 0.833. The first kappa shape index (κ1) is 12.1. The zero-order chi connectivity index (χ0) is 10.2. The first-order chi connectivity index (χ1) is 6.88. The summed E-state index contributed by atoms with van der Waals surface area (Å²) in [5.74, 6) is 0.641. The molecule has 0 N–H and O–H groups in total. The Morgan fingerprint density at radius 3 is 2.50 bits per heavy atom. The van der Waals surface area contributed by atoms with Crippen LogP contribution in [0, 0.1) is 0 Å². The zero-order valence-corrected chi connectivity index (χ0v) is 9.97. The lowest BCUT2D eigenvalue weighted by molar-refractivity contribution is 0.180. The number of rotatable bonds is 5. The highest BCUT2D eigenvalue weighted by Gasteiger charge is 2.18. The van der Waals surface area contributed by atoms with Gasteiger partial charge < -0.3 is 0 Å². The van der Waals surface area contributed by atoms with Crippen LogP contribution in [0.4, 0.5) is 0 Å². The molecule has 0 aliphatic heterocycles. The molecule has 1 aliphatic rings. The molecule has 0 saturated heterocycles. The number of allylic oxidation sites excluding steroid dienone is 1. The average Bonchev–Trinajstić information content (AvgIpc) is 2.26. The molecule has 14 heavy (non-hydrogen) atoms. The maximum absolute atomic E-state index is 5.61. The Morgan fingerprint density at radius 1 is 1.21 bits per heavy atom. The van der Waals surface area contributed by atoms with Crippen molar-refractivity contribution in [3.05, 3.63) is 12.2 Å². The van der Waals surface area contributed by atoms with E-state index >= 15 is 0 Å². The summed E-state index contributed by atoms with van der Waals surface area (Å²) in [6, 6.07) is 0.828. The lowest BCUT2D eigenvalue weighted by atomic mass is 9.94. The Balaban J connectivity index is 2.31. The summed E-state index contributed by atoms with van der Waals surface area (Å²) in [5.41, 5.74) is 0. The molecule has 1 nitrogen and oxygen atoms in total. The van der Waals surface area contributed by atoms with Crippen molar-refractivity contribution < 1.29 is 0 Å². The van der Waals surface area contributed by atoms with Gasteiger partial charge in [-0.3, -0.25) is 4.90 Å². The second-order valence-electron chi connectivity index (χ2n) is 4.01. The van der Waals surface area contributed by atoms with Crippen molar-refractivity contribution in [1.29, 1.82) is 0 Å². The summed E-state index contributed by atoms with van der Waals surface area (Å²) in [4.78, 5) is 2.57. The third kappa shape index (κ3) is 4.02. The number of hydrogen-bond acceptors (Lipinski definition) is 1. The largest absolute Gasteiger partial charge is 0.297 e. The van der Waals surface area contributed by atoms with Gasteiger partial charge in [-0.1, -0.05) is 38.3 Å². The van der Waals surface area contributed by atoms with Gasteiger partial charge in [0.1, 0.15) is 0 Å². The number of hydrogen-bond donors (Lipinski definition) is 0.